The number of benzene rings is 1. The summed E-state index contributed by atoms with van der Waals surface area (Å²) in [6.45, 7) is 6.00. The van der Waals surface area contributed by atoms with E-state index < -0.39 is 21.7 Å². The fourth-order valence-electron chi connectivity index (χ4n) is 5.15. The quantitative estimate of drug-likeness (QED) is 0.332. The number of hydrogen-bond acceptors (Lipinski definition) is 7. The van der Waals surface area contributed by atoms with Gasteiger partial charge >= 0.3 is 0 Å². The summed E-state index contributed by atoms with van der Waals surface area (Å²) in [6, 6.07) is 7.31. The van der Waals surface area contributed by atoms with E-state index in [9.17, 15) is 17.2 Å². The predicted octanol–water partition coefficient (Wildman–Crippen LogP) is 5.62. The van der Waals surface area contributed by atoms with Crippen molar-refractivity contribution in [2.24, 2.45) is 5.92 Å². The van der Waals surface area contributed by atoms with Crippen LogP contribution in [0.2, 0.25) is 0 Å². The van der Waals surface area contributed by atoms with Crippen LogP contribution in [0.3, 0.4) is 0 Å². The van der Waals surface area contributed by atoms with E-state index >= 15 is 0 Å². The number of pyridine rings is 1. The monoisotopic (exact) mass is 550 g/mol. The summed E-state index contributed by atoms with van der Waals surface area (Å²) < 4.78 is 54.7. The molecule has 1 aliphatic carbocycles. The van der Waals surface area contributed by atoms with Gasteiger partial charge in [0, 0.05) is 23.9 Å². The molecule has 0 saturated heterocycles. The molecule has 1 N–H and O–H groups in total. The van der Waals surface area contributed by atoms with Crippen molar-refractivity contribution in [3.05, 3.63) is 83.1 Å². The molecule has 0 radical (unpaired) electrons. The van der Waals surface area contributed by atoms with Crippen LogP contribution in [0, 0.1) is 24.5 Å². The summed E-state index contributed by atoms with van der Waals surface area (Å²) in [7, 11) is -3.46. The first-order chi connectivity index (χ1) is 18.5. The van der Waals surface area contributed by atoms with E-state index in [-0.39, 0.29) is 34.8 Å². The van der Waals surface area contributed by atoms with Gasteiger partial charge in [-0.1, -0.05) is 19.9 Å². The van der Waals surface area contributed by atoms with Gasteiger partial charge in [-0.3, -0.25) is 9.71 Å². The Kier molecular flexibility index (Phi) is 7.11. The third kappa shape index (κ3) is 5.49. The van der Waals surface area contributed by atoms with E-state index in [0.717, 1.165) is 30.4 Å². The Labute approximate surface area is 226 Å². The number of hydrogen-bond donors (Lipinski definition) is 1. The number of aryl methyl sites for hydroxylation is 1. The highest BCUT2D eigenvalue weighted by Crippen LogP contribution is 2.44. The molecule has 0 aliphatic heterocycles. The van der Waals surface area contributed by atoms with E-state index in [0.29, 0.717) is 22.5 Å². The lowest BCUT2D eigenvalue weighted by atomic mass is 9.74. The molecule has 11 heteroatoms. The van der Waals surface area contributed by atoms with Gasteiger partial charge in [-0.2, -0.15) is 5.10 Å². The van der Waals surface area contributed by atoms with Crippen LogP contribution in [0.25, 0.3) is 22.5 Å². The van der Waals surface area contributed by atoms with Crippen molar-refractivity contribution in [1.82, 2.24) is 25.1 Å². The molecule has 0 saturated carbocycles. The van der Waals surface area contributed by atoms with Crippen LogP contribution in [0.5, 0.6) is 0 Å². The molecule has 202 valence electrons. The molecule has 0 spiro atoms. The van der Waals surface area contributed by atoms with Gasteiger partial charge in [0.1, 0.15) is 17.5 Å². The molecule has 4 aromatic rings. The maximum atomic E-state index is 14.5. The zero-order valence-corrected chi connectivity index (χ0v) is 22.8. The summed E-state index contributed by atoms with van der Waals surface area (Å²) in [6.07, 6.45) is 7.55. The van der Waals surface area contributed by atoms with Gasteiger partial charge in [-0.05, 0) is 67.0 Å². The van der Waals surface area contributed by atoms with Crippen LogP contribution < -0.4 is 4.72 Å². The Morgan fingerprint density at radius 3 is 2.41 bits per heavy atom. The molecule has 1 aromatic carbocycles. The Morgan fingerprint density at radius 1 is 1.00 bits per heavy atom. The number of aromatic nitrogens is 5. The Morgan fingerprint density at radius 2 is 1.74 bits per heavy atom. The number of nitrogens with one attached hydrogen (secondary N) is 1. The van der Waals surface area contributed by atoms with Crippen LogP contribution in [-0.4, -0.2) is 39.8 Å². The summed E-state index contributed by atoms with van der Waals surface area (Å²) in [5.41, 5.74) is 4.24. The molecule has 0 bridgehead atoms. The van der Waals surface area contributed by atoms with E-state index in [4.69, 9.17) is 4.98 Å². The summed E-state index contributed by atoms with van der Waals surface area (Å²) in [5.74, 6) is -0.870. The van der Waals surface area contributed by atoms with Crippen molar-refractivity contribution in [2.75, 3.05) is 11.0 Å². The van der Waals surface area contributed by atoms with Gasteiger partial charge in [0.05, 0.1) is 40.8 Å². The van der Waals surface area contributed by atoms with Crippen LogP contribution >= 0.6 is 0 Å². The van der Waals surface area contributed by atoms with Gasteiger partial charge < -0.3 is 0 Å². The first-order valence-electron chi connectivity index (χ1n) is 12.6. The van der Waals surface area contributed by atoms with Crippen LogP contribution in [-0.2, 0) is 10.0 Å². The minimum absolute atomic E-state index is 0.151. The second-order valence-corrected chi connectivity index (χ2v) is 12.0. The van der Waals surface area contributed by atoms with Crippen molar-refractivity contribution in [3.63, 3.8) is 0 Å². The second-order valence-electron chi connectivity index (χ2n) is 10.2. The second kappa shape index (κ2) is 10.4. The zero-order chi connectivity index (χ0) is 27.9. The standard InChI is InChI=1S/C28H28F2N6O2S/c1-15(2)18-8-9-19(27-20(18)11-23(34-35-27)26-21(29)6-5-7-22(26)30)25-14-31-13-24(33-25)17-10-16(3)28(32-12-17)36-39(4,37)38/h5-7,10-15,18-19H,8-9H2,1-4H3,(H,32,36). The number of anilines is 1. The largest absolute Gasteiger partial charge is 0.267 e. The molecule has 8 nitrogen and oxygen atoms in total. The fraction of sp³-hybridized carbons (Fsp3) is 0.321. The maximum absolute atomic E-state index is 14.5. The SMILES string of the molecule is Cc1cc(-c2cncc(C3CCC(C(C)C)c4cc(-c5c(F)cccc5F)nnc43)n2)cnc1NS(C)(=O)=O. The van der Waals surface area contributed by atoms with Crippen molar-refractivity contribution in [1.29, 1.82) is 0 Å². The van der Waals surface area contributed by atoms with Gasteiger partial charge in [-0.15, -0.1) is 5.10 Å². The van der Waals surface area contributed by atoms with Gasteiger partial charge in [0.15, 0.2) is 0 Å². The number of sulfonamides is 1. The van der Waals surface area contributed by atoms with E-state index in [1.807, 2.05) is 0 Å². The summed E-state index contributed by atoms with van der Waals surface area (Å²) in [5, 5.41) is 8.74. The molecule has 1 aliphatic rings. The number of nitrogens with zero attached hydrogens (tertiary/aromatic N) is 5. The zero-order valence-electron chi connectivity index (χ0n) is 22.0. The minimum atomic E-state index is -3.46. The predicted molar refractivity (Wildman–Crippen MR) is 145 cm³/mol. The third-order valence-electron chi connectivity index (χ3n) is 7.04. The molecule has 2 atom stereocenters. The molecule has 2 unspecified atom stereocenters. The molecule has 3 heterocycles. The van der Waals surface area contributed by atoms with Gasteiger partial charge in [0.2, 0.25) is 10.0 Å². The van der Waals surface area contributed by atoms with Crippen LogP contribution in [0.4, 0.5) is 14.6 Å². The first-order valence-corrected chi connectivity index (χ1v) is 14.5. The molecule has 5 rings (SSSR count). The Balaban J connectivity index is 1.54. The van der Waals surface area contributed by atoms with Crippen LogP contribution in [0.15, 0.2) is 48.9 Å². The highest BCUT2D eigenvalue weighted by molar-refractivity contribution is 7.92. The average molecular weight is 551 g/mol. The maximum Gasteiger partial charge on any atom is 0.230 e. The van der Waals surface area contributed by atoms with Crippen molar-refractivity contribution in [2.45, 2.75) is 45.4 Å². The summed E-state index contributed by atoms with van der Waals surface area (Å²) in [4.78, 5) is 13.5. The minimum Gasteiger partial charge on any atom is -0.267 e. The lowest BCUT2D eigenvalue weighted by Crippen LogP contribution is -2.22. The number of rotatable bonds is 6. The van der Waals surface area contributed by atoms with Crippen molar-refractivity contribution in [3.8, 4) is 22.5 Å². The van der Waals surface area contributed by atoms with Crippen molar-refractivity contribution >= 4 is 15.8 Å². The number of halogens is 2. The molecular formula is C28H28F2N6O2S. The van der Waals surface area contributed by atoms with E-state index in [1.54, 1.807) is 37.6 Å². The van der Waals surface area contributed by atoms with E-state index in [2.05, 4.69) is 38.7 Å². The molecule has 3 aromatic heterocycles. The van der Waals surface area contributed by atoms with Gasteiger partial charge in [-0.25, -0.2) is 27.2 Å². The lowest BCUT2D eigenvalue weighted by Gasteiger charge is -2.32. The Bertz CT molecular complexity index is 1640. The highest BCUT2D eigenvalue weighted by atomic mass is 32.2. The molecular weight excluding hydrogens is 522 g/mol. The van der Waals surface area contributed by atoms with Crippen LogP contribution in [0.1, 0.15) is 61.0 Å². The number of fused-ring (bicyclic) bond motifs is 1. The lowest BCUT2D eigenvalue weighted by molar-refractivity contribution is 0.407. The fourth-order valence-corrected chi connectivity index (χ4v) is 5.72. The highest BCUT2D eigenvalue weighted by Gasteiger charge is 2.33. The van der Waals surface area contributed by atoms with Gasteiger partial charge in [0.25, 0.3) is 0 Å². The third-order valence-corrected chi connectivity index (χ3v) is 7.60. The molecule has 0 amide bonds. The average Bonchev–Trinajstić information content (AvgIpc) is 2.88. The summed E-state index contributed by atoms with van der Waals surface area (Å²) >= 11 is 0. The molecule has 39 heavy (non-hydrogen) atoms. The Hall–Kier alpha value is -3.86. The topological polar surface area (TPSA) is 111 Å². The smallest absolute Gasteiger partial charge is 0.230 e. The first kappa shape index (κ1) is 26.7. The van der Waals surface area contributed by atoms with Crippen molar-refractivity contribution < 1.29 is 17.2 Å². The molecule has 0 fully saturated rings. The van der Waals surface area contributed by atoms with E-state index in [1.165, 1.54) is 18.2 Å². The normalized spacial score (nSPS) is 17.2.